The van der Waals surface area contributed by atoms with Gasteiger partial charge in [-0.15, -0.1) is 0 Å². The van der Waals surface area contributed by atoms with Crippen LogP contribution in [0.5, 0.6) is 5.75 Å². The molecule has 0 amide bonds. The van der Waals surface area contributed by atoms with Gasteiger partial charge in [0, 0.05) is 12.7 Å². The molecule has 0 spiro atoms. The molecule has 0 radical (unpaired) electrons. The number of aromatic nitrogens is 4. The van der Waals surface area contributed by atoms with E-state index in [1.54, 1.807) is 4.68 Å². The maximum Gasteiger partial charge on any atom is 0.511 e. The third-order valence-electron chi connectivity index (χ3n) is 2.48. The monoisotopic (exact) mass is 271 g/mol. The second-order valence-corrected chi connectivity index (χ2v) is 3.81. The second-order valence-electron chi connectivity index (χ2n) is 3.81. The van der Waals surface area contributed by atoms with Gasteiger partial charge in [-0.1, -0.05) is 5.46 Å². The number of hydrogen-bond donors (Lipinski definition) is 0. The summed E-state index contributed by atoms with van der Waals surface area (Å²) < 4.78 is 44.5. The average molecular weight is 271 g/mol. The molecule has 0 saturated carbocycles. The van der Waals surface area contributed by atoms with E-state index in [2.05, 4.69) is 15.1 Å². The van der Waals surface area contributed by atoms with Crippen molar-refractivity contribution in [1.82, 2.24) is 19.7 Å². The lowest BCUT2D eigenvalue weighted by Gasteiger charge is -2.15. The normalized spacial score (nSPS) is 11.6. The minimum atomic E-state index is -5.07. The molecule has 0 aliphatic heterocycles. The molecule has 0 atom stereocenters. The number of ether oxygens (including phenoxy) is 1. The minimum Gasteiger partial charge on any atom is -0.484 e. The van der Waals surface area contributed by atoms with E-state index in [1.165, 1.54) is 12.5 Å². The first-order valence-corrected chi connectivity index (χ1v) is 5.65. The van der Waals surface area contributed by atoms with Crippen LogP contribution < -0.4 is 10.2 Å². The van der Waals surface area contributed by atoms with E-state index in [9.17, 15) is 12.9 Å². The summed E-state index contributed by atoms with van der Waals surface area (Å²) in [6.07, 6.45) is 3.38. The summed E-state index contributed by atoms with van der Waals surface area (Å²) in [5.74, 6) is 0.604. The molecule has 102 valence electrons. The fourth-order valence-electron chi connectivity index (χ4n) is 1.51. The zero-order valence-corrected chi connectivity index (χ0v) is 10.1. The highest BCUT2D eigenvalue weighted by atomic mass is 19.4. The summed E-state index contributed by atoms with van der Waals surface area (Å²) in [5.41, 5.74) is -0.783. The molecule has 0 aliphatic carbocycles. The van der Waals surface area contributed by atoms with Crippen molar-refractivity contribution in [2.75, 3.05) is 0 Å². The quantitative estimate of drug-likeness (QED) is 0.770. The highest BCUT2D eigenvalue weighted by Gasteiger charge is 2.26. The molecule has 0 N–H and O–H groups in total. The number of aryl methyl sites for hydroxylation is 1. The van der Waals surface area contributed by atoms with Gasteiger partial charge in [-0.25, -0.2) is 9.67 Å². The van der Waals surface area contributed by atoms with Gasteiger partial charge in [0.1, 0.15) is 18.7 Å². The van der Waals surface area contributed by atoms with Gasteiger partial charge >= 0.3 is 6.98 Å². The molecule has 0 bridgehead atoms. The van der Waals surface area contributed by atoms with Crippen molar-refractivity contribution in [3.63, 3.8) is 0 Å². The Balaban J connectivity index is 2.08. The van der Waals surface area contributed by atoms with Gasteiger partial charge in [-0.3, -0.25) is 4.98 Å². The molecule has 0 fully saturated rings. The van der Waals surface area contributed by atoms with Gasteiger partial charge in [0.25, 0.3) is 0 Å². The molecule has 2 rings (SSSR count). The average Bonchev–Trinajstić information content (AvgIpc) is 2.83. The van der Waals surface area contributed by atoms with Crippen LogP contribution in [0.25, 0.3) is 0 Å². The van der Waals surface area contributed by atoms with E-state index in [1.807, 2.05) is 6.92 Å². The topological polar surface area (TPSA) is 52.8 Å². The second kappa shape index (κ2) is 5.29. The van der Waals surface area contributed by atoms with E-state index in [0.717, 1.165) is 12.3 Å². The van der Waals surface area contributed by atoms with Crippen LogP contribution >= 0.6 is 0 Å². The van der Waals surface area contributed by atoms with E-state index >= 15 is 0 Å². The molecule has 2 aromatic heterocycles. The van der Waals surface area contributed by atoms with Gasteiger partial charge in [0.2, 0.25) is 0 Å². The lowest BCUT2D eigenvalue weighted by molar-refractivity contribution is 0.286. The molecule has 0 saturated heterocycles. The van der Waals surface area contributed by atoms with Gasteiger partial charge < -0.3 is 17.7 Å². The zero-order valence-electron chi connectivity index (χ0n) is 10.1. The third kappa shape index (κ3) is 3.24. The van der Waals surface area contributed by atoms with Crippen LogP contribution in [-0.2, 0) is 13.2 Å². The lowest BCUT2D eigenvalue weighted by atomic mass is 9.81. The highest BCUT2D eigenvalue weighted by molar-refractivity contribution is 6.73. The predicted octanol–water partition coefficient (Wildman–Crippen LogP) is 1.33. The third-order valence-corrected chi connectivity index (χ3v) is 2.48. The first kappa shape index (κ1) is 13.4. The van der Waals surface area contributed by atoms with Gasteiger partial charge in [0.15, 0.2) is 5.82 Å². The smallest absolute Gasteiger partial charge is 0.484 e. The Kier molecular flexibility index (Phi) is 3.73. The summed E-state index contributed by atoms with van der Waals surface area (Å²) in [6.45, 7) is -2.53. The minimum absolute atomic E-state index is 0.0455. The SMILES string of the molecule is CCn1ncnc1COc1cncc([B-](F)(F)F)c1. The van der Waals surface area contributed by atoms with Crippen LogP contribution in [0.4, 0.5) is 12.9 Å². The Bertz CT molecular complexity index is 558. The first-order chi connectivity index (χ1) is 9.00. The Labute approximate surface area is 107 Å². The van der Waals surface area contributed by atoms with Crippen LogP contribution in [0.2, 0.25) is 0 Å². The van der Waals surface area contributed by atoms with E-state index in [4.69, 9.17) is 4.74 Å². The van der Waals surface area contributed by atoms with Crippen molar-refractivity contribution in [2.24, 2.45) is 0 Å². The summed E-state index contributed by atoms with van der Waals surface area (Å²) >= 11 is 0. The molecule has 0 aliphatic rings. The number of halogens is 3. The molecular weight excluding hydrogens is 260 g/mol. The van der Waals surface area contributed by atoms with Crippen molar-refractivity contribution in [3.05, 3.63) is 30.6 Å². The predicted molar refractivity (Wildman–Crippen MR) is 63.0 cm³/mol. The van der Waals surface area contributed by atoms with Crippen molar-refractivity contribution < 1.29 is 17.7 Å². The Morgan fingerprint density at radius 2 is 2.11 bits per heavy atom. The molecule has 0 aromatic carbocycles. The van der Waals surface area contributed by atoms with E-state index < -0.39 is 12.4 Å². The first-order valence-electron chi connectivity index (χ1n) is 5.65. The van der Waals surface area contributed by atoms with Crippen LogP contribution in [-0.4, -0.2) is 26.7 Å². The van der Waals surface area contributed by atoms with Gasteiger partial charge in [-0.2, -0.15) is 5.10 Å². The number of nitrogens with zero attached hydrogens (tertiary/aromatic N) is 4. The Hall–Kier alpha value is -2.06. The standard InChI is InChI=1S/C10H11BF3N4O/c1-2-18-10(16-7-17-18)6-19-9-3-8(4-15-5-9)11(12,13)14/h3-5,7H,2,6H2,1H3/q-1. The van der Waals surface area contributed by atoms with Crippen LogP contribution in [0, 0.1) is 0 Å². The molecule has 5 nitrogen and oxygen atoms in total. The van der Waals surface area contributed by atoms with Gasteiger partial charge in [0.05, 0.1) is 6.20 Å². The van der Waals surface area contributed by atoms with E-state index in [0.29, 0.717) is 12.4 Å². The molecule has 9 heteroatoms. The molecule has 0 unspecified atom stereocenters. The van der Waals surface area contributed by atoms with Crippen LogP contribution in [0.15, 0.2) is 24.8 Å². The van der Waals surface area contributed by atoms with Crippen molar-refractivity contribution in [1.29, 1.82) is 0 Å². The molecule has 19 heavy (non-hydrogen) atoms. The lowest BCUT2D eigenvalue weighted by Crippen LogP contribution is -2.34. The molecular formula is C10H11BF3N4O-. The maximum absolute atomic E-state index is 12.5. The zero-order chi connectivity index (χ0) is 13.9. The molecule has 2 aromatic rings. The van der Waals surface area contributed by atoms with E-state index in [-0.39, 0.29) is 12.4 Å². The number of pyridine rings is 1. The Morgan fingerprint density at radius 1 is 1.32 bits per heavy atom. The Morgan fingerprint density at radius 3 is 2.79 bits per heavy atom. The van der Waals surface area contributed by atoms with Crippen molar-refractivity contribution in [3.8, 4) is 5.75 Å². The summed E-state index contributed by atoms with van der Waals surface area (Å²) in [6, 6.07) is 0.930. The number of hydrogen-bond acceptors (Lipinski definition) is 4. The molecule has 2 heterocycles. The summed E-state index contributed by atoms with van der Waals surface area (Å²) in [7, 11) is 0. The van der Waals surface area contributed by atoms with Crippen molar-refractivity contribution >= 4 is 12.4 Å². The number of rotatable bonds is 5. The highest BCUT2D eigenvalue weighted by Crippen LogP contribution is 2.14. The fraction of sp³-hybridized carbons (Fsp3) is 0.300. The van der Waals surface area contributed by atoms with Crippen molar-refractivity contribution in [2.45, 2.75) is 20.1 Å². The largest absolute Gasteiger partial charge is 0.511 e. The van der Waals surface area contributed by atoms with Crippen LogP contribution in [0.3, 0.4) is 0 Å². The van der Waals surface area contributed by atoms with Gasteiger partial charge in [-0.05, 0) is 13.0 Å². The fourth-order valence-corrected chi connectivity index (χ4v) is 1.51. The summed E-state index contributed by atoms with van der Waals surface area (Å²) in [5, 5.41) is 3.94. The maximum atomic E-state index is 12.5. The van der Waals surface area contributed by atoms with Crippen LogP contribution in [0.1, 0.15) is 12.7 Å². The summed E-state index contributed by atoms with van der Waals surface area (Å²) in [4.78, 5) is 7.48.